The first-order valence-corrected chi connectivity index (χ1v) is 8.59. The van der Waals surface area contributed by atoms with Gasteiger partial charge in [-0.15, -0.1) is 0 Å². The molecule has 2 rings (SSSR count). The molecule has 3 nitrogen and oxygen atoms in total. The van der Waals surface area contributed by atoms with Crippen molar-refractivity contribution >= 4 is 9.84 Å². The van der Waals surface area contributed by atoms with Gasteiger partial charge in [0.15, 0.2) is 9.84 Å². The molecule has 2 N–H and O–H groups in total. The molecule has 4 unspecified atom stereocenters. The number of rotatable bonds is 2. The summed E-state index contributed by atoms with van der Waals surface area (Å²) in [5.74, 6) is 0.570. The van der Waals surface area contributed by atoms with Crippen molar-refractivity contribution < 1.29 is 8.42 Å². The molecule has 2 fully saturated rings. The van der Waals surface area contributed by atoms with Gasteiger partial charge in [-0.05, 0) is 38.0 Å². The molecule has 0 bridgehead atoms. The second kappa shape index (κ2) is 5.27. The highest BCUT2D eigenvalue weighted by Gasteiger charge is 2.38. The van der Waals surface area contributed by atoms with Crippen molar-refractivity contribution in [3.05, 3.63) is 0 Å². The Morgan fingerprint density at radius 2 is 1.53 bits per heavy atom. The van der Waals surface area contributed by atoms with Crippen LogP contribution in [-0.2, 0) is 9.84 Å². The van der Waals surface area contributed by atoms with E-state index in [4.69, 9.17) is 5.73 Å². The lowest BCUT2D eigenvalue weighted by atomic mass is 9.90. The molecule has 0 aromatic heterocycles. The predicted molar refractivity (Wildman–Crippen MR) is 70.6 cm³/mol. The van der Waals surface area contributed by atoms with E-state index in [0.29, 0.717) is 12.3 Å². The lowest BCUT2D eigenvalue weighted by Gasteiger charge is -2.33. The molecule has 0 saturated heterocycles. The van der Waals surface area contributed by atoms with Gasteiger partial charge in [0.2, 0.25) is 0 Å². The van der Waals surface area contributed by atoms with Gasteiger partial charge in [-0.1, -0.05) is 26.2 Å². The van der Waals surface area contributed by atoms with Crippen LogP contribution in [0.15, 0.2) is 0 Å². The summed E-state index contributed by atoms with van der Waals surface area (Å²) in [6.45, 7) is 2.17. The van der Waals surface area contributed by atoms with Crippen molar-refractivity contribution in [2.75, 3.05) is 0 Å². The van der Waals surface area contributed by atoms with Gasteiger partial charge in [-0.3, -0.25) is 0 Å². The van der Waals surface area contributed by atoms with E-state index in [2.05, 4.69) is 6.92 Å². The Hall–Kier alpha value is -0.0900. The average Bonchev–Trinajstić information content (AvgIpc) is 2.29. The van der Waals surface area contributed by atoms with Crippen molar-refractivity contribution in [2.45, 2.75) is 74.8 Å². The molecule has 0 aliphatic heterocycles. The van der Waals surface area contributed by atoms with E-state index in [1.807, 2.05) is 0 Å². The third kappa shape index (κ3) is 3.02. The molecule has 0 aromatic rings. The van der Waals surface area contributed by atoms with Crippen LogP contribution < -0.4 is 5.73 Å². The van der Waals surface area contributed by atoms with Crippen LogP contribution in [-0.4, -0.2) is 25.0 Å². The van der Waals surface area contributed by atoms with E-state index < -0.39 is 9.84 Å². The number of hydrogen-bond donors (Lipinski definition) is 1. The van der Waals surface area contributed by atoms with Crippen molar-refractivity contribution in [1.82, 2.24) is 0 Å². The van der Waals surface area contributed by atoms with Crippen molar-refractivity contribution in [3.63, 3.8) is 0 Å². The molecule has 2 aliphatic rings. The van der Waals surface area contributed by atoms with E-state index in [9.17, 15) is 8.42 Å². The van der Waals surface area contributed by atoms with Crippen LogP contribution in [0.1, 0.15) is 58.3 Å². The fraction of sp³-hybridized carbons (Fsp3) is 1.00. The zero-order valence-electron chi connectivity index (χ0n) is 10.8. The average molecular weight is 259 g/mol. The van der Waals surface area contributed by atoms with Crippen LogP contribution in [0.2, 0.25) is 0 Å². The second-order valence-corrected chi connectivity index (χ2v) is 8.54. The standard InChI is InChI=1S/C13H25NO2S/c1-10-4-2-6-12(8-10)17(15,16)13-7-3-5-11(14)9-13/h10-13H,2-9,14H2,1H3. The topological polar surface area (TPSA) is 60.2 Å². The molecule has 0 spiro atoms. The summed E-state index contributed by atoms with van der Waals surface area (Å²) in [6, 6.07) is 0.101. The maximum absolute atomic E-state index is 12.6. The quantitative estimate of drug-likeness (QED) is 0.827. The van der Waals surface area contributed by atoms with E-state index in [1.54, 1.807) is 0 Å². The van der Waals surface area contributed by atoms with E-state index in [0.717, 1.165) is 38.5 Å². The molecule has 17 heavy (non-hydrogen) atoms. The van der Waals surface area contributed by atoms with E-state index >= 15 is 0 Å². The Morgan fingerprint density at radius 3 is 2.12 bits per heavy atom. The summed E-state index contributed by atoms with van der Waals surface area (Å²) in [7, 11) is -2.93. The third-order valence-electron chi connectivity index (χ3n) is 4.48. The summed E-state index contributed by atoms with van der Waals surface area (Å²) in [5.41, 5.74) is 5.91. The summed E-state index contributed by atoms with van der Waals surface area (Å²) >= 11 is 0. The number of nitrogens with two attached hydrogens (primary N) is 1. The summed E-state index contributed by atoms with van der Waals surface area (Å²) in [4.78, 5) is 0. The molecule has 0 heterocycles. The maximum Gasteiger partial charge on any atom is 0.156 e. The molecular formula is C13H25NO2S. The fourth-order valence-corrected chi connectivity index (χ4v) is 6.08. The highest BCUT2D eigenvalue weighted by Crippen LogP contribution is 2.34. The Bertz CT molecular complexity index is 324. The normalized spacial score (nSPS) is 40.1. The smallest absolute Gasteiger partial charge is 0.156 e. The third-order valence-corrected chi connectivity index (χ3v) is 7.20. The summed E-state index contributed by atoms with van der Waals surface area (Å²) < 4.78 is 25.2. The van der Waals surface area contributed by atoms with Crippen LogP contribution in [0.25, 0.3) is 0 Å². The Labute approximate surface area is 105 Å². The van der Waals surface area contributed by atoms with Crippen LogP contribution >= 0.6 is 0 Å². The molecule has 2 saturated carbocycles. The van der Waals surface area contributed by atoms with Crippen LogP contribution in [0.5, 0.6) is 0 Å². The minimum atomic E-state index is -2.93. The molecule has 0 radical (unpaired) electrons. The van der Waals surface area contributed by atoms with Gasteiger partial charge >= 0.3 is 0 Å². The molecule has 100 valence electrons. The molecule has 4 heteroatoms. The Morgan fingerprint density at radius 1 is 0.941 bits per heavy atom. The number of sulfone groups is 1. The highest BCUT2D eigenvalue weighted by molar-refractivity contribution is 7.92. The first-order valence-electron chi connectivity index (χ1n) is 6.98. The van der Waals surface area contributed by atoms with Gasteiger partial charge in [0.05, 0.1) is 10.5 Å². The SMILES string of the molecule is CC1CCCC(S(=O)(=O)C2CCCC(N)C2)C1. The van der Waals surface area contributed by atoms with E-state index in [-0.39, 0.29) is 16.5 Å². The molecular weight excluding hydrogens is 234 g/mol. The highest BCUT2D eigenvalue weighted by atomic mass is 32.2. The fourth-order valence-electron chi connectivity index (χ4n) is 3.43. The maximum atomic E-state index is 12.6. The zero-order chi connectivity index (χ0) is 12.5. The summed E-state index contributed by atoms with van der Waals surface area (Å²) in [5, 5.41) is -0.233. The van der Waals surface area contributed by atoms with Gasteiger partial charge in [-0.25, -0.2) is 8.42 Å². The van der Waals surface area contributed by atoms with Crippen LogP contribution in [0, 0.1) is 5.92 Å². The Kier molecular flexibility index (Phi) is 4.14. The first-order chi connectivity index (χ1) is 8.00. The monoisotopic (exact) mass is 259 g/mol. The van der Waals surface area contributed by atoms with Crippen LogP contribution in [0.3, 0.4) is 0 Å². The molecule has 2 aliphatic carbocycles. The van der Waals surface area contributed by atoms with Crippen molar-refractivity contribution in [3.8, 4) is 0 Å². The lowest BCUT2D eigenvalue weighted by Crippen LogP contribution is -2.41. The van der Waals surface area contributed by atoms with Gasteiger partial charge in [0.25, 0.3) is 0 Å². The van der Waals surface area contributed by atoms with Crippen LogP contribution in [0.4, 0.5) is 0 Å². The largest absolute Gasteiger partial charge is 0.328 e. The van der Waals surface area contributed by atoms with Crippen molar-refractivity contribution in [1.29, 1.82) is 0 Å². The lowest BCUT2D eigenvalue weighted by molar-refractivity contribution is 0.371. The van der Waals surface area contributed by atoms with E-state index in [1.165, 1.54) is 6.42 Å². The minimum Gasteiger partial charge on any atom is -0.328 e. The Balaban J connectivity index is 2.06. The zero-order valence-corrected chi connectivity index (χ0v) is 11.6. The molecule has 0 aromatic carbocycles. The number of hydrogen-bond acceptors (Lipinski definition) is 3. The molecule has 0 amide bonds. The molecule has 4 atom stereocenters. The van der Waals surface area contributed by atoms with Gasteiger partial charge in [-0.2, -0.15) is 0 Å². The minimum absolute atomic E-state index is 0.0819. The first kappa shape index (κ1) is 13.3. The predicted octanol–water partition coefficient (Wildman–Crippen LogP) is 2.25. The van der Waals surface area contributed by atoms with Gasteiger partial charge < -0.3 is 5.73 Å². The van der Waals surface area contributed by atoms with Crippen molar-refractivity contribution in [2.24, 2.45) is 11.7 Å². The second-order valence-electron chi connectivity index (χ2n) is 6.03. The van der Waals surface area contributed by atoms with Gasteiger partial charge in [0, 0.05) is 6.04 Å². The summed E-state index contributed by atoms with van der Waals surface area (Å²) in [6.07, 6.45) is 7.50. The van der Waals surface area contributed by atoms with Gasteiger partial charge in [0.1, 0.15) is 0 Å².